The van der Waals surface area contributed by atoms with Crippen LogP contribution in [0.25, 0.3) is 11.3 Å². The Morgan fingerprint density at radius 3 is 1.73 bits per heavy atom. The Hall–Kier alpha value is -5.02. The van der Waals surface area contributed by atoms with Gasteiger partial charge in [-0.2, -0.15) is 13.2 Å². The monoisotopic (exact) mass is 941 g/mol. The van der Waals surface area contributed by atoms with Gasteiger partial charge in [0.15, 0.2) is 0 Å². The van der Waals surface area contributed by atoms with Crippen molar-refractivity contribution in [2.75, 3.05) is 118 Å². The first-order chi connectivity index (χ1) is 32.7. The molecule has 1 heterocycles. The fourth-order valence-corrected chi connectivity index (χ4v) is 6.33. The van der Waals surface area contributed by atoms with Crippen molar-refractivity contribution in [3.63, 3.8) is 0 Å². The Morgan fingerprint density at radius 1 is 0.612 bits per heavy atom. The molecule has 18 heteroatoms. The van der Waals surface area contributed by atoms with Crippen molar-refractivity contribution in [1.82, 2.24) is 10.3 Å². The molecule has 1 aliphatic carbocycles. The van der Waals surface area contributed by atoms with Crippen LogP contribution in [0.1, 0.15) is 56.7 Å². The number of methoxy groups -OCH3 is 1. The molecule has 1 aliphatic rings. The molecule has 0 spiro atoms. The van der Waals surface area contributed by atoms with Crippen LogP contribution in [-0.4, -0.2) is 136 Å². The van der Waals surface area contributed by atoms with E-state index in [2.05, 4.69) is 15.6 Å². The molecule has 0 aliphatic heterocycles. The SMILES string of the molecule is COCCOCCOCCOCCOCCOCCOCCOCCOCc1cccc(C(=O)Nc2ccc(OC3CCC3)cc2-c2cc(C(=O)NCc3cccc(C(F)(F)F)c3)ccn2)c1. The van der Waals surface area contributed by atoms with Gasteiger partial charge in [0.05, 0.1) is 135 Å². The number of alkyl halides is 3. The van der Waals surface area contributed by atoms with Crippen LogP contribution < -0.4 is 15.4 Å². The van der Waals surface area contributed by atoms with E-state index in [9.17, 15) is 22.8 Å². The minimum Gasteiger partial charge on any atom is -0.490 e. The number of anilines is 1. The summed E-state index contributed by atoms with van der Waals surface area (Å²) in [6, 6.07) is 20.2. The van der Waals surface area contributed by atoms with Crippen molar-refractivity contribution in [1.29, 1.82) is 0 Å². The summed E-state index contributed by atoms with van der Waals surface area (Å²) in [6.45, 7) is 7.63. The number of nitrogens with zero attached hydrogens (tertiary/aromatic N) is 1. The van der Waals surface area contributed by atoms with E-state index in [1.165, 1.54) is 24.4 Å². The lowest BCUT2D eigenvalue weighted by Crippen LogP contribution is -2.24. The molecule has 2 amide bonds. The van der Waals surface area contributed by atoms with Crippen LogP contribution in [0.4, 0.5) is 18.9 Å². The number of amides is 2. The van der Waals surface area contributed by atoms with E-state index in [0.717, 1.165) is 37.0 Å². The van der Waals surface area contributed by atoms with Gasteiger partial charge in [-0.25, -0.2) is 0 Å². The Balaban J connectivity index is 0.969. The highest BCUT2D eigenvalue weighted by Crippen LogP contribution is 2.34. The van der Waals surface area contributed by atoms with Gasteiger partial charge in [-0.15, -0.1) is 0 Å². The second-order valence-electron chi connectivity index (χ2n) is 15.2. The summed E-state index contributed by atoms with van der Waals surface area (Å²) in [5.41, 5.74) is 2.28. The number of rotatable bonds is 34. The number of pyridine rings is 1. The second-order valence-corrected chi connectivity index (χ2v) is 15.2. The summed E-state index contributed by atoms with van der Waals surface area (Å²) in [6.07, 6.45) is 0.0130. The number of hydrogen-bond acceptors (Lipinski definition) is 13. The predicted molar refractivity (Wildman–Crippen MR) is 242 cm³/mol. The van der Waals surface area contributed by atoms with E-state index in [0.29, 0.717) is 140 Å². The van der Waals surface area contributed by atoms with Gasteiger partial charge >= 0.3 is 6.18 Å². The lowest BCUT2D eigenvalue weighted by molar-refractivity contribution is -0.137. The average molecular weight is 942 g/mol. The molecule has 0 saturated heterocycles. The summed E-state index contributed by atoms with van der Waals surface area (Å²) < 4.78 is 94.9. The molecule has 67 heavy (non-hydrogen) atoms. The van der Waals surface area contributed by atoms with E-state index in [4.69, 9.17) is 47.4 Å². The average Bonchev–Trinajstić information content (AvgIpc) is 3.32. The van der Waals surface area contributed by atoms with Crippen LogP contribution >= 0.6 is 0 Å². The molecule has 5 rings (SSSR count). The van der Waals surface area contributed by atoms with Gasteiger partial charge in [0, 0.05) is 36.5 Å². The Bertz CT molecular complexity index is 2060. The first-order valence-electron chi connectivity index (χ1n) is 22.4. The number of halogens is 3. The van der Waals surface area contributed by atoms with Crippen molar-refractivity contribution in [3.05, 3.63) is 113 Å². The number of nitrogens with one attached hydrogen (secondary N) is 2. The van der Waals surface area contributed by atoms with Gasteiger partial charge in [0.2, 0.25) is 0 Å². The standard InChI is InChI=1S/C49H62F3N3O12/c1-58-15-16-59-17-18-60-19-20-61-21-22-62-23-24-63-25-26-64-27-28-65-29-30-66-36-38-6-2-7-39(31-38)48(57)55-45-12-11-43(67-42-9-4-10-42)34-44(45)46-33-40(13-14-53-46)47(56)54-35-37-5-3-8-41(32-37)49(50,51)52/h2-3,5-8,11-14,31-34,42H,4,9-10,15-30,35-36H2,1H3,(H,54,56)(H,55,57). The van der Waals surface area contributed by atoms with Gasteiger partial charge in [-0.05, 0) is 85.0 Å². The fraction of sp³-hybridized carbons (Fsp3) is 0.490. The molecule has 1 saturated carbocycles. The van der Waals surface area contributed by atoms with E-state index in [1.54, 1.807) is 49.6 Å². The maximum Gasteiger partial charge on any atom is 0.416 e. The molecule has 4 aromatic rings. The first-order valence-corrected chi connectivity index (χ1v) is 22.4. The van der Waals surface area contributed by atoms with E-state index in [-0.39, 0.29) is 30.7 Å². The highest BCUT2D eigenvalue weighted by atomic mass is 19.4. The van der Waals surface area contributed by atoms with E-state index in [1.807, 2.05) is 6.07 Å². The molecular weight excluding hydrogens is 880 g/mol. The lowest BCUT2D eigenvalue weighted by atomic mass is 9.96. The molecule has 2 N–H and O–H groups in total. The normalized spacial score (nSPS) is 12.8. The summed E-state index contributed by atoms with van der Waals surface area (Å²) in [5, 5.41) is 5.67. The minimum absolute atomic E-state index is 0.0894. The van der Waals surface area contributed by atoms with Crippen LogP contribution in [0.15, 0.2) is 85.1 Å². The third kappa shape index (κ3) is 20.4. The summed E-state index contributed by atoms with van der Waals surface area (Å²) in [4.78, 5) is 31.3. The van der Waals surface area contributed by atoms with Gasteiger partial charge in [-0.3, -0.25) is 14.6 Å². The van der Waals surface area contributed by atoms with Crippen molar-refractivity contribution >= 4 is 17.5 Å². The van der Waals surface area contributed by atoms with Crippen LogP contribution in [0.2, 0.25) is 0 Å². The zero-order valence-electron chi connectivity index (χ0n) is 38.0. The van der Waals surface area contributed by atoms with Gasteiger partial charge < -0.3 is 58.0 Å². The summed E-state index contributed by atoms with van der Waals surface area (Å²) in [7, 11) is 1.63. The van der Waals surface area contributed by atoms with Gasteiger partial charge in [0.1, 0.15) is 5.75 Å². The largest absolute Gasteiger partial charge is 0.490 e. The number of hydrogen-bond donors (Lipinski definition) is 2. The molecule has 1 aromatic heterocycles. The highest BCUT2D eigenvalue weighted by Gasteiger charge is 2.30. The minimum atomic E-state index is -4.50. The Morgan fingerprint density at radius 2 is 1.16 bits per heavy atom. The zero-order valence-corrected chi connectivity index (χ0v) is 38.0. The molecule has 0 radical (unpaired) electrons. The number of ether oxygens (including phenoxy) is 10. The fourth-order valence-electron chi connectivity index (χ4n) is 6.33. The Labute approximate surface area is 389 Å². The summed E-state index contributed by atoms with van der Waals surface area (Å²) >= 11 is 0. The maximum absolute atomic E-state index is 13.6. The first kappa shape index (κ1) is 52.9. The van der Waals surface area contributed by atoms with Crippen molar-refractivity contribution in [2.24, 2.45) is 0 Å². The third-order valence-corrected chi connectivity index (χ3v) is 10.1. The highest BCUT2D eigenvalue weighted by molar-refractivity contribution is 6.06. The van der Waals surface area contributed by atoms with E-state index < -0.39 is 17.6 Å². The summed E-state index contributed by atoms with van der Waals surface area (Å²) in [5.74, 6) is -0.285. The second kappa shape index (κ2) is 30.4. The van der Waals surface area contributed by atoms with Crippen LogP contribution in [-0.2, 0) is 62.0 Å². The smallest absolute Gasteiger partial charge is 0.416 e. The number of aromatic nitrogens is 1. The molecule has 1 fully saturated rings. The van der Waals surface area contributed by atoms with Crippen molar-refractivity contribution in [2.45, 2.75) is 44.7 Å². The van der Waals surface area contributed by atoms with Gasteiger partial charge in [0.25, 0.3) is 11.8 Å². The molecule has 0 atom stereocenters. The third-order valence-electron chi connectivity index (χ3n) is 10.1. The van der Waals surface area contributed by atoms with Gasteiger partial charge in [-0.1, -0.05) is 24.3 Å². The van der Waals surface area contributed by atoms with Crippen LogP contribution in [0, 0.1) is 0 Å². The maximum atomic E-state index is 13.6. The Kier molecular flexibility index (Phi) is 24.0. The molecule has 0 bridgehead atoms. The van der Waals surface area contributed by atoms with Crippen molar-refractivity contribution in [3.8, 4) is 17.0 Å². The predicted octanol–water partition coefficient (Wildman–Crippen LogP) is 7.16. The molecule has 3 aromatic carbocycles. The van der Waals surface area contributed by atoms with Crippen LogP contribution in [0.5, 0.6) is 5.75 Å². The zero-order chi connectivity index (χ0) is 47.4. The number of carbonyl (C=O) groups is 2. The lowest BCUT2D eigenvalue weighted by Gasteiger charge is -2.26. The van der Waals surface area contributed by atoms with Crippen LogP contribution in [0.3, 0.4) is 0 Å². The molecule has 0 unspecified atom stereocenters. The van der Waals surface area contributed by atoms with E-state index >= 15 is 0 Å². The topological polar surface area (TPSA) is 163 Å². The molecular formula is C49H62F3N3O12. The number of benzene rings is 3. The van der Waals surface area contributed by atoms with Crippen molar-refractivity contribution < 1.29 is 70.1 Å². The molecule has 15 nitrogen and oxygen atoms in total. The molecule has 366 valence electrons. The number of carbonyl (C=O) groups excluding carboxylic acids is 2. The quantitative estimate of drug-likeness (QED) is 0.0454.